The molecule has 0 unspecified atom stereocenters. The summed E-state index contributed by atoms with van der Waals surface area (Å²) in [5, 5.41) is 0. The second-order valence-corrected chi connectivity index (χ2v) is 12.9. The first-order valence-corrected chi connectivity index (χ1v) is 15.4. The summed E-state index contributed by atoms with van der Waals surface area (Å²) in [7, 11) is 0. The molecule has 0 spiro atoms. The lowest BCUT2D eigenvalue weighted by Gasteiger charge is -2.42. The van der Waals surface area contributed by atoms with Crippen LogP contribution in [0.2, 0.25) is 0 Å². The van der Waals surface area contributed by atoms with Crippen molar-refractivity contribution < 1.29 is 49.7 Å². The van der Waals surface area contributed by atoms with E-state index in [2.05, 4.69) is 11.7 Å². The molecule has 4 aliphatic rings. The zero-order valence-electron chi connectivity index (χ0n) is 24.0. The molecule has 0 radical (unpaired) electrons. The molecule has 0 aromatic heterocycles. The number of alkyl halides is 4. The van der Waals surface area contributed by atoms with Gasteiger partial charge in [-0.1, -0.05) is 19.8 Å². The zero-order chi connectivity index (χ0) is 30.1. The van der Waals surface area contributed by atoms with E-state index in [4.69, 9.17) is 14.2 Å². The molecule has 1 saturated heterocycles. The third kappa shape index (κ3) is 7.54. The van der Waals surface area contributed by atoms with Gasteiger partial charge in [-0.25, -0.2) is 13.2 Å². The standard InChI is InChI=1S/C31H41F7O4/c1-18-2-4-19(5-3-18)21-16-39-29(40-17-21)20-6-8-22(9-7-20)30(35,36)41-24-12-10-23(11-13-24)31(37,38)42-25-14-26(32)28(34)27(33)15-25/h14-15,18-24,29H,2-13,16-17H2,1H3. The van der Waals surface area contributed by atoms with Gasteiger partial charge in [0.25, 0.3) is 0 Å². The Hall–Kier alpha value is -1.59. The Morgan fingerprint density at radius 1 is 0.643 bits per heavy atom. The van der Waals surface area contributed by atoms with Gasteiger partial charge in [-0.05, 0) is 76.0 Å². The number of hydrogen-bond donors (Lipinski definition) is 0. The topological polar surface area (TPSA) is 36.9 Å². The average Bonchev–Trinajstić information content (AvgIpc) is 2.96. The van der Waals surface area contributed by atoms with Crippen LogP contribution in [0.5, 0.6) is 5.75 Å². The van der Waals surface area contributed by atoms with Crippen LogP contribution in [0.25, 0.3) is 0 Å². The average molecular weight is 611 g/mol. The first-order chi connectivity index (χ1) is 19.9. The number of benzene rings is 1. The first-order valence-electron chi connectivity index (χ1n) is 15.4. The third-order valence-electron chi connectivity index (χ3n) is 9.99. The van der Waals surface area contributed by atoms with Crippen molar-refractivity contribution >= 4 is 0 Å². The van der Waals surface area contributed by atoms with Gasteiger partial charge in [-0.3, -0.25) is 0 Å². The molecule has 0 bridgehead atoms. The normalized spacial score (nSPS) is 35.1. The minimum absolute atomic E-state index is 0.0362. The van der Waals surface area contributed by atoms with Gasteiger partial charge in [0, 0.05) is 24.0 Å². The Morgan fingerprint density at radius 3 is 1.71 bits per heavy atom. The number of hydrogen-bond acceptors (Lipinski definition) is 4. The lowest BCUT2D eigenvalue weighted by atomic mass is 9.76. The number of rotatable bonds is 8. The monoisotopic (exact) mass is 610 g/mol. The molecule has 5 rings (SSSR count). The highest BCUT2D eigenvalue weighted by Gasteiger charge is 2.49. The Bertz CT molecular complexity index is 1000. The van der Waals surface area contributed by atoms with Gasteiger partial charge in [-0.15, -0.1) is 0 Å². The Balaban J connectivity index is 1.04. The van der Waals surface area contributed by atoms with Gasteiger partial charge in [-0.2, -0.15) is 17.6 Å². The number of halogens is 7. The van der Waals surface area contributed by atoms with Crippen LogP contribution >= 0.6 is 0 Å². The van der Waals surface area contributed by atoms with E-state index >= 15 is 8.78 Å². The molecule has 1 aromatic rings. The van der Waals surface area contributed by atoms with Crippen LogP contribution in [-0.2, 0) is 14.2 Å². The molecular weight excluding hydrogens is 569 g/mol. The fraction of sp³-hybridized carbons (Fsp3) is 0.806. The highest BCUT2D eigenvalue weighted by molar-refractivity contribution is 5.25. The molecule has 4 nitrogen and oxygen atoms in total. The van der Waals surface area contributed by atoms with Crippen LogP contribution < -0.4 is 4.74 Å². The van der Waals surface area contributed by atoms with Gasteiger partial charge >= 0.3 is 12.2 Å². The van der Waals surface area contributed by atoms with Crippen molar-refractivity contribution in [3.05, 3.63) is 29.6 Å². The Kier molecular flexibility index (Phi) is 9.99. The highest BCUT2D eigenvalue weighted by Crippen LogP contribution is 2.45. The molecule has 42 heavy (non-hydrogen) atoms. The van der Waals surface area contributed by atoms with Crippen molar-refractivity contribution in [3.63, 3.8) is 0 Å². The summed E-state index contributed by atoms with van der Waals surface area (Å²) in [4.78, 5) is 0. The third-order valence-corrected chi connectivity index (χ3v) is 9.99. The van der Waals surface area contributed by atoms with Crippen LogP contribution in [0.4, 0.5) is 30.7 Å². The summed E-state index contributed by atoms with van der Waals surface area (Å²) >= 11 is 0. The molecule has 3 saturated carbocycles. The van der Waals surface area contributed by atoms with Crippen molar-refractivity contribution in [1.82, 2.24) is 0 Å². The lowest BCUT2D eigenvalue weighted by Crippen LogP contribution is -2.44. The molecule has 1 aliphatic heterocycles. The molecule has 11 heteroatoms. The highest BCUT2D eigenvalue weighted by atomic mass is 19.3. The second-order valence-electron chi connectivity index (χ2n) is 12.9. The molecule has 238 valence electrons. The van der Waals surface area contributed by atoms with E-state index in [0.717, 1.165) is 5.92 Å². The van der Waals surface area contributed by atoms with Crippen LogP contribution in [0.1, 0.15) is 84.0 Å². The maximum atomic E-state index is 15.1. The van der Waals surface area contributed by atoms with Gasteiger partial charge in [0.1, 0.15) is 5.75 Å². The van der Waals surface area contributed by atoms with Crippen molar-refractivity contribution in [2.24, 2.45) is 35.5 Å². The smallest absolute Gasteiger partial charge is 0.400 e. The van der Waals surface area contributed by atoms with Gasteiger partial charge < -0.3 is 18.9 Å². The molecule has 3 aliphatic carbocycles. The fourth-order valence-corrected chi connectivity index (χ4v) is 7.23. The van der Waals surface area contributed by atoms with Crippen molar-refractivity contribution in [3.8, 4) is 5.75 Å². The summed E-state index contributed by atoms with van der Waals surface area (Å²) in [6.07, 6.45) is -2.37. The summed E-state index contributed by atoms with van der Waals surface area (Å²) < 4.78 is 121. The van der Waals surface area contributed by atoms with E-state index in [0.29, 0.717) is 50.0 Å². The maximum absolute atomic E-state index is 15.1. The van der Waals surface area contributed by atoms with E-state index in [-0.39, 0.29) is 50.7 Å². The van der Waals surface area contributed by atoms with E-state index in [1.807, 2.05) is 0 Å². The van der Waals surface area contributed by atoms with Crippen LogP contribution in [0, 0.1) is 53.0 Å². The molecule has 1 heterocycles. The predicted octanol–water partition coefficient (Wildman–Crippen LogP) is 8.87. The second kappa shape index (κ2) is 13.2. The minimum atomic E-state index is -3.82. The lowest BCUT2D eigenvalue weighted by molar-refractivity contribution is -0.309. The van der Waals surface area contributed by atoms with Crippen molar-refractivity contribution in [1.29, 1.82) is 0 Å². The van der Waals surface area contributed by atoms with Crippen LogP contribution in [-0.4, -0.2) is 37.8 Å². The SMILES string of the molecule is CC1CCC(C2COC(C3CCC(C(F)(F)OC4CCC(C(F)(F)Oc5cc(F)c(F)c(F)c5)CC4)CC3)OC2)CC1. The minimum Gasteiger partial charge on any atom is -0.432 e. The van der Waals surface area contributed by atoms with Gasteiger partial charge in [0.2, 0.25) is 0 Å². The van der Waals surface area contributed by atoms with E-state index in [1.165, 1.54) is 25.7 Å². The summed E-state index contributed by atoms with van der Waals surface area (Å²) in [5.74, 6) is -6.39. The maximum Gasteiger partial charge on any atom is 0.400 e. The van der Waals surface area contributed by atoms with Crippen LogP contribution in [0.15, 0.2) is 12.1 Å². The molecule has 1 aromatic carbocycles. The zero-order valence-corrected chi connectivity index (χ0v) is 24.0. The molecule has 0 atom stereocenters. The van der Waals surface area contributed by atoms with Crippen molar-refractivity contribution in [2.75, 3.05) is 13.2 Å². The molecule has 4 fully saturated rings. The molecule has 0 amide bonds. The summed E-state index contributed by atoms with van der Waals surface area (Å²) in [5.41, 5.74) is 0. The fourth-order valence-electron chi connectivity index (χ4n) is 7.23. The Morgan fingerprint density at radius 2 is 1.14 bits per heavy atom. The molecular formula is C31H41F7O4. The van der Waals surface area contributed by atoms with Crippen molar-refractivity contribution in [2.45, 2.75) is 109 Å². The van der Waals surface area contributed by atoms with Gasteiger partial charge in [0.05, 0.1) is 31.2 Å². The first kappa shape index (κ1) is 31.8. The van der Waals surface area contributed by atoms with Crippen LogP contribution in [0.3, 0.4) is 0 Å². The number of ether oxygens (including phenoxy) is 4. The largest absolute Gasteiger partial charge is 0.432 e. The quantitative estimate of drug-likeness (QED) is 0.218. The molecule has 0 N–H and O–H groups in total. The summed E-state index contributed by atoms with van der Waals surface area (Å²) in [6, 6.07) is 0.689. The Labute approximate surface area is 242 Å². The van der Waals surface area contributed by atoms with E-state index in [9.17, 15) is 22.0 Å². The summed E-state index contributed by atoms with van der Waals surface area (Å²) in [6.45, 7) is 3.61. The van der Waals surface area contributed by atoms with Gasteiger partial charge in [0.15, 0.2) is 23.7 Å². The van der Waals surface area contributed by atoms with E-state index in [1.54, 1.807) is 0 Å². The van der Waals surface area contributed by atoms with E-state index < -0.39 is 53.4 Å². The predicted molar refractivity (Wildman–Crippen MR) is 139 cm³/mol.